The van der Waals surface area contributed by atoms with Crippen molar-refractivity contribution in [2.45, 2.75) is 33.7 Å². The molecule has 6 nitrogen and oxygen atoms in total. The third kappa shape index (κ3) is 10.6. The van der Waals surface area contributed by atoms with Gasteiger partial charge in [0.25, 0.3) is 0 Å². The van der Waals surface area contributed by atoms with Crippen molar-refractivity contribution in [2.24, 2.45) is 5.73 Å². The molecule has 0 radical (unpaired) electrons. The van der Waals surface area contributed by atoms with Gasteiger partial charge in [-0.25, -0.2) is 4.68 Å². The van der Waals surface area contributed by atoms with Crippen LogP contribution in [0.4, 0.5) is 5.69 Å². The molecule has 212 valence electrons. The second-order valence-corrected chi connectivity index (χ2v) is 9.65. The van der Waals surface area contributed by atoms with E-state index < -0.39 is 0 Å². The number of nitrogens with one attached hydrogen (secondary N) is 1. The number of carbonyl (C=O) groups excluding carboxylic acids is 1. The summed E-state index contributed by atoms with van der Waals surface area (Å²) in [6, 6.07) is 26.6. The van der Waals surface area contributed by atoms with Gasteiger partial charge in [-0.15, -0.1) is 0 Å². The molecule has 3 aromatic carbocycles. The number of anilines is 1. The summed E-state index contributed by atoms with van der Waals surface area (Å²) in [6.45, 7) is 15.5. The van der Waals surface area contributed by atoms with E-state index in [1.807, 2.05) is 54.1 Å². The minimum Gasteiger partial charge on any atom is -0.399 e. The highest BCUT2D eigenvalue weighted by atomic mass is 31.1. The number of benzene rings is 3. The maximum Gasteiger partial charge on any atom is 0.128 e. The van der Waals surface area contributed by atoms with Crippen molar-refractivity contribution in [3.8, 4) is 0 Å². The zero-order chi connectivity index (χ0) is 29.9. The summed E-state index contributed by atoms with van der Waals surface area (Å²) in [7, 11) is 2.21. The summed E-state index contributed by atoms with van der Waals surface area (Å²) in [6.07, 6.45) is 5.15. The lowest BCUT2D eigenvalue weighted by Gasteiger charge is -2.15. The van der Waals surface area contributed by atoms with Crippen molar-refractivity contribution in [3.63, 3.8) is 0 Å². The van der Waals surface area contributed by atoms with E-state index in [4.69, 9.17) is 10.5 Å². The van der Waals surface area contributed by atoms with E-state index in [1.165, 1.54) is 23.5 Å². The van der Waals surface area contributed by atoms with Crippen molar-refractivity contribution < 1.29 is 4.79 Å². The average molecular weight is 558 g/mol. The Morgan fingerprint density at radius 1 is 0.975 bits per heavy atom. The van der Waals surface area contributed by atoms with Crippen LogP contribution >= 0.6 is 8.58 Å². The summed E-state index contributed by atoms with van der Waals surface area (Å²) in [5.41, 5.74) is 18.1. The van der Waals surface area contributed by atoms with Crippen LogP contribution in [0.1, 0.15) is 34.9 Å². The van der Waals surface area contributed by atoms with Gasteiger partial charge in [0.2, 0.25) is 0 Å². The van der Waals surface area contributed by atoms with E-state index in [9.17, 15) is 0 Å². The minimum absolute atomic E-state index is 0.654. The molecule has 0 saturated carbocycles. The molecule has 1 atom stereocenters. The van der Waals surface area contributed by atoms with Crippen molar-refractivity contribution in [1.29, 1.82) is 0 Å². The van der Waals surface area contributed by atoms with E-state index >= 15 is 0 Å². The van der Waals surface area contributed by atoms with Crippen LogP contribution in [0.2, 0.25) is 0 Å². The molecule has 0 aliphatic carbocycles. The predicted molar refractivity (Wildman–Crippen MR) is 176 cm³/mol. The Labute approximate surface area is 242 Å². The molecule has 5 N–H and O–H groups in total. The smallest absolute Gasteiger partial charge is 0.128 e. The van der Waals surface area contributed by atoms with Crippen LogP contribution in [-0.4, -0.2) is 30.3 Å². The number of carbonyl (C=O) groups is 1. The number of aromatic nitrogens is 2. The molecule has 0 aliphatic rings. The fourth-order valence-corrected chi connectivity index (χ4v) is 4.52. The third-order valence-corrected chi connectivity index (χ3v) is 7.01. The summed E-state index contributed by atoms with van der Waals surface area (Å²) in [5, 5.41) is 9.40. The number of hydrogen-bond acceptors (Lipinski definition) is 5. The second kappa shape index (κ2) is 19.1. The Morgan fingerprint density at radius 2 is 1.60 bits per heavy atom. The number of rotatable bonds is 8. The van der Waals surface area contributed by atoms with Crippen molar-refractivity contribution >= 4 is 37.8 Å². The lowest BCUT2D eigenvalue weighted by molar-refractivity contribution is -0.0980. The maximum absolute atomic E-state index is 8.00. The van der Waals surface area contributed by atoms with Gasteiger partial charge < -0.3 is 21.6 Å². The molecule has 0 fully saturated rings. The number of nitrogens with zero attached hydrogens (tertiary/aromatic N) is 2. The number of hydrogen-bond donors (Lipinski definition) is 3. The largest absolute Gasteiger partial charge is 0.399 e. The van der Waals surface area contributed by atoms with Crippen LogP contribution in [0.5, 0.6) is 0 Å². The maximum atomic E-state index is 8.00. The first-order chi connectivity index (χ1) is 19.4. The summed E-state index contributed by atoms with van der Waals surface area (Å²) >= 11 is 0. The van der Waals surface area contributed by atoms with Crippen molar-refractivity contribution in [1.82, 2.24) is 15.1 Å². The molecular weight excluding hydrogens is 513 g/mol. The lowest BCUT2D eigenvalue weighted by Crippen LogP contribution is -2.20. The molecule has 7 heteroatoms. The summed E-state index contributed by atoms with van der Waals surface area (Å²) < 4.78 is 1.96. The van der Waals surface area contributed by atoms with E-state index in [1.54, 1.807) is 0 Å². The molecule has 0 amide bonds. The molecule has 40 heavy (non-hydrogen) atoms. The molecule has 1 aromatic heterocycles. The fourth-order valence-electron chi connectivity index (χ4n) is 3.87. The van der Waals surface area contributed by atoms with Crippen LogP contribution in [-0.2, 0) is 17.8 Å². The van der Waals surface area contributed by atoms with Gasteiger partial charge in [0.05, 0.1) is 11.9 Å². The van der Waals surface area contributed by atoms with Crippen LogP contribution in [0.25, 0.3) is 11.4 Å². The number of nitrogen functional groups attached to an aromatic ring is 1. The Morgan fingerprint density at radius 3 is 2.15 bits per heavy atom. The van der Waals surface area contributed by atoms with E-state index in [0.29, 0.717) is 15.1 Å². The quantitative estimate of drug-likeness (QED) is 0.141. The monoisotopic (exact) mass is 557 g/mol. The van der Waals surface area contributed by atoms with Gasteiger partial charge in [-0.3, -0.25) is 0 Å². The first-order valence-corrected chi connectivity index (χ1v) is 14.6. The second-order valence-electron chi connectivity index (χ2n) is 8.61. The molecule has 4 rings (SSSR count). The van der Waals surface area contributed by atoms with Crippen LogP contribution in [0.3, 0.4) is 0 Å². The van der Waals surface area contributed by atoms with Crippen LogP contribution in [0, 0.1) is 13.8 Å². The first-order valence-electron chi connectivity index (χ1n) is 13.1. The molecular formula is C33H44N5OP. The highest BCUT2D eigenvalue weighted by molar-refractivity contribution is 7.46. The first kappa shape index (κ1) is 34.0. The molecule has 0 bridgehead atoms. The zero-order valence-electron chi connectivity index (χ0n) is 24.4. The zero-order valence-corrected chi connectivity index (χ0v) is 25.4. The minimum atomic E-state index is 0.654. The number of allylic oxidation sites excluding steroid dienone is 2. The Kier molecular flexibility index (Phi) is 16.3. The normalized spacial score (nSPS) is 10.4. The van der Waals surface area contributed by atoms with E-state index in [-0.39, 0.29) is 0 Å². The molecule has 0 saturated heterocycles. The third-order valence-electron chi connectivity index (χ3n) is 5.99. The van der Waals surface area contributed by atoms with Gasteiger partial charge in [-0.2, -0.15) is 5.10 Å². The topological polar surface area (TPSA) is 99.0 Å². The van der Waals surface area contributed by atoms with Gasteiger partial charge in [-0.05, 0) is 80.0 Å². The van der Waals surface area contributed by atoms with Gasteiger partial charge in [0, 0.05) is 17.5 Å². The van der Waals surface area contributed by atoms with Crippen molar-refractivity contribution in [3.05, 3.63) is 126 Å². The highest BCUT2D eigenvalue weighted by Crippen LogP contribution is 2.21. The van der Waals surface area contributed by atoms with Gasteiger partial charge in [-0.1, -0.05) is 88.8 Å². The molecule has 0 aliphatic heterocycles. The Balaban J connectivity index is 0.000000561. The molecule has 4 aromatic rings. The van der Waals surface area contributed by atoms with Gasteiger partial charge in [0.15, 0.2) is 0 Å². The number of aryl methyl sites for hydroxylation is 2. The summed E-state index contributed by atoms with van der Waals surface area (Å²) in [5.74, 6) is 0.901. The summed E-state index contributed by atoms with van der Waals surface area (Å²) in [4.78, 5) is 8.00. The average Bonchev–Trinajstić information content (AvgIpc) is 3.38. The lowest BCUT2D eigenvalue weighted by atomic mass is 10.0. The Hall–Kier alpha value is -3.99. The van der Waals surface area contributed by atoms with Crippen molar-refractivity contribution in [2.75, 3.05) is 19.4 Å². The number of nitrogens with two attached hydrogens (primary N) is 2. The molecule has 0 spiro atoms. The standard InChI is InChI=1S/C23H27N4P.C8H10.CH5N.CH2O/c1-16-8-5-6-11-21(16)17(2)12-23(27-18(3)22(28-4)15-26-27)25-14-19-9-7-10-20(24)13-19;1-2-8-6-4-3-5-7-8;2*1-2/h5-13,15,25,28H,2,14,24H2,1,3-4H3;3-7H,2H2,1H3;2H2,1H3;1H2/b23-12-;;;. The predicted octanol–water partition coefficient (Wildman–Crippen LogP) is 5.96. The van der Waals surface area contributed by atoms with Gasteiger partial charge >= 0.3 is 0 Å². The molecule has 1 unspecified atom stereocenters. The SMILES string of the molecule is C=C(/C=C(/NCc1cccc(N)c1)n1ncc(PC)c1C)c1ccccc1C.C=O.CCc1ccccc1.CN. The van der Waals surface area contributed by atoms with E-state index in [2.05, 4.69) is 98.7 Å². The van der Waals surface area contributed by atoms with Crippen LogP contribution < -0.4 is 22.1 Å². The van der Waals surface area contributed by atoms with Crippen LogP contribution in [0.15, 0.2) is 97.7 Å². The van der Waals surface area contributed by atoms with Gasteiger partial charge in [0.1, 0.15) is 12.6 Å². The van der Waals surface area contributed by atoms with E-state index in [0.717, 1.165) is 40.3 Å². The fraction of sp³-hybridized carbons (Fsp3) is 0.212. The molecule has 1 heterocycles. The highest BCUT2D eigenvalue weighted by Gasteiger charge is 2.11. The Bertz CT molecular complexity index is 1330.